The van der Waals surface area contributed by atoms with Crippen LogP contribution in [0.3, 0.4) is 0 Å². The molecule has 9 nitrogen and oxygen atoms in total. The Morgan fingerprint density at radius 1 is 0.595 bits per heavy atom. The van der Waals surface area contributed by atoms with Gasteiger partial charge in [-0.15, -0.1) is 22.7 Å². The first-order valence-corrected chi connectivity index (χ1v) is 14.2. The number of aromatic nitrogens is 1. The van der Waals surface area contributed by atoms with Gasteiger partial charge in [0.2, 0.25) is 0 Å². The zero-order valence-corrected chi connectivity index (χ0v) is 24.0. The van der Waals surface area contributed by atoms with Gasteiger partial charge in [0.15, 0.2) is 0 Å². The third-order valence-corrected chi connectivity index (χ3v) is 8.36. The van der Waals surface area contributed by atoms with Gasteiger partial charge in [0.05, 0.1) is 25.6 Å². The van der Waals surface area contributed by atoms with Crippen molar-refractivity contribution in [1.82, 2.24) is 4.98 Å². The minimum Gasteiger partial charge on any atom is -0.465 e. The van der Waals surface area contributed by atoms with Crippen molar-refractivity contribution in [3.05, 3.63) is 112 Å². The van der Waals surface area contributed by atoms with Crippen molar-refractivity contribution in [1.29, 1.82) is 0 Å². The number of nitrogens with zero attached hydrogens (tertiary/aromatic N) is 1. The summed E-state index contributed by atoms with van der Waals surface area (Å²) in [4.78, 5) is 57.5. The first-order chi connectivity index (χ1) is 20.4. The van der Waals surface area contributed by atoms with Crippen LogP contribution < -0.4 is 10.6 Å². The molecule has 0 unspecified atom stereocenters. The molecule has 0 aliphatic heterocycles. The molecule has 5 aromatic rings. The number of rotatable bonds is 8. The molecule has 2 amide bonds. The lowest BCUT2D eigenvalue weighted by molar-refractivity contribution is 0.0598. The molecule has 0 saturated heterocycles. The number of ether oxygens (including phenoxy) is 2. The van der Waals surface area contributed by atoms with E-state index in [-0.39, 0.29) is 32.5 Å². The summed E-state index contributed by atoms with van der Waals surface area (Å²) < 4.78 is 9.81. The SMILES string of the molecule is COC(=O)c1sc(-c2ccccc2)cc1NC(=O)c1cccc(C(=O)Nc2cc(-c3ccccc3)sc2C(=O)OC)n1. The summed E-state index contributed by atoms with van der Waals surface area (Å²) in [6.45, 7) is 0. The van der Waals surface area contributed by atoms with Crippen molar-refractivity contribution >= 4 is 57.8 Å². The van der Waals surface area contributed by atoms with Crippen LogP contribution in [0, 0.1) is 0 Å². The van der Waals surface area contributed by atoms with Crippen LogP contribution in [-0.4, -0.2) is 43.0 Å². The molecule has 2 aromatic carbocycles. The number of hydrogen-bond donors (Lipinski definition) is 2. The van der Waals surface area contributed by atoms with Gasteiger partial charge in [-0.2, -0.15) is 0 Å². The number of benzene rings is 2. The summed E-state index contributed by atoms with van der Waals surface area (Å²) in [5.41, 5.74) is 2.19. The van der Waals surface area contributed by atoms with Crippen molar-refractivity contribution in [2.75, 3.05) is 24.9 Å². The number of esters is 2. The molecule has 0 spiro atoms. The molecular formula is C31H23N3O6S2. The number of methoxy groups -OCH3 is 2. The second-order valence-corrected chi connectivity index (χ2v) is 10.8. The van der Waals surface area contributed by atoms with E-state index in [1.165, 1.54) is 55.1 Å². The predicted octanol–water partition coefficient (Wildman–Crippen LogP) is 6.62. The van der Waals surface area contributed by atoms with Crippen molar-refractivity contribution in [3.8, 4) is 20.9 Å². The predicted molar refractivity (Wildman–Crippen MR) is 162 cm³/mol. The normalized spacial score (nSPS) is 10.5. The maximum absolute atomic E-state index is 13.2. The molecule has 3 aromatic heterocycles. The third kappa shape index (κ3) is 6.12. The molecule has 42 heavy (non-hydrogen) atoms. The minimum absolute atomic E-state index is 0.0468. The van der Waals surface area contributed by atoms with Crippen LogP contribution in [0.15, 0.2) is 91.0 Å². The van der Waals surface area contributed by atoms with Crippen molar-refractivity contribution < 1.29 is 28.7 Å². The van der Waals surface area contributed by atoms with Crippen LogP contribution in [-0.2, 0) is 9.47 Å². The first-order valence-electron chi connectivity index (χ1n) is 12.5. The molecule has 2 N–H and O–H groups in total. The Morgan fingerprint density at radius 2 is 1.00 bits per heavy atom. The molecular weight excluding hydrogens is 574 g/mol. The van der Waals surface area contributed by atoms with E-state index in [2.05, 4.69) is 15.6 Å². The summed E-state index contributed by atoms with van der Waals surface area (Å²) in [6.07, 6.45) is 0. The van der Waals surface area contributed by atoms with E-state index < -0.39 is 23.8 Å². The number of hydrogen-bond acceptors (Lipinski definition) is 9. The molecule has 5 rings (SSSR count). The van der Waals surface area contributed by atoms with Gasteiger partial charge in [-0.3, -0.25) is 9.59 Å². The second kappa shape index (κ2) is 12.6. The van der Waals surface area contributed by atoms with Gasteiger partial charge in [-0.1, -0.05) is 66.7 Å². The molecule has 0 fully saturated rings. The van der Waals surface area contributed by atoms with E-state index in [1.807, 2.05) is 60.7 Å². The summed E-state index contributed by atoms with van der Waals surface area (Å²) in [5, 5.41) is 5.44. The van der Waals surface area contributed by atoms with Gasteiger partial charge in [-0.25, -0.2) is 14.6 Å². The molecule has 0 saturated carbocycles. The third-order valence-electron chi connectivity index (χ3n) is 6.03. The van der Waals surface area contributed by atoms with E-state index in [0.717, 1.165) is 20.9 Å². The highest BCUT2D eigenvalue weighted by atomic mass is 32.1. The Hall–Kier alpha value is -5.13. The number of nitrogens with one attached hydrogen (secondary N) is 2. The minimum atomic E-state index is -0.621. The molecule has 0 aliphatic carbocycles. The lowest BCUT2D eigenvalue weighted by Crippen LogP contribution is -2.19. The van der Waals surface area contributed by atoms with E-state index in [4.69, 9.17) is 9.47 Å². The fourth-order valence-corrected chi connectivity index (χ4v) is 6.08. The Balaban J connectivity index is 1.38. The van der Waals surface area contributed by atoms with Gasteiger partial charge < -0.3 is 20.1 Å². The standard InChI is InChI=1S/C31H23N3O6S2/c1-39-30(37)26-22(16-24(41-26)18-10-5-3-6-11-18)33-28(35)20-14-9-15-21(32-20)29(36)34-23-17-25(19-12-7-4-8-13-19)42-27(23)31(38)40-2/h3-17H,1-2H3,(H,33,35)(H,34,36). The zero-order chi connectivity index (χ0) is 29.6. The fraction of sp³-hybridized carbons (Fsp3) is 0.0645. The highest BCUT2D eigenvalue weighted by molar-refractivity contribution is 7.18. The summed E-state index contributed by atoms with van der Waals surface area (Å²) in [7, 11) is 2.53. The molecule has 0 bridgehead atoms. The van der Waals surface area contributed by atoms with E-state index in [1.54, 1.807) is 12.1 Å². The van der Waals surface area contributed by atoms with E-state index in [9.17, 15) is 19.2 Å². The Bertz CT molecular complexity index is 1650. The smallest absolute Gasteiger partial charge is 0.350 e. The zero-order valence-electron chi connectivity index (χ0n) is 22.4. The molecule has 0 atom stereocenters. The fourth-order valence-electron chi connectivity index (χ4n) is 4.01. The van der Waals surface area contributed by atoms with Gasteiger partial charge in [0.25, 0.3) is 11.8 Å². The Kier molecular flexibility index (Phi) is 8.51. The highest BCUT2D eigenvalue weighted by Crippen LogP contribution is 2.36. The molecule has 210 valence electrons. The second-order valence-electron chi connectivity index (χ2n) is 8.74. The van der Waals surface area contributed by atoms with Crippen molar-refractivity contribution in [2.45, 2.75) is 0 Å². The summed E-state index contributed by atoms with van der Waals surface area (Å²) in [6, 6.07) is 26.6. The highest BCUT2D eigenvalue weighted by Gasteiger charge is 2.23. The van der Waals surface area contributed by atoms with Gasteiger partial charge in [0, 0.05) is 9.75 Å². The number of carbonyl (C=O) groups is 4. The maximum Gasteiger partial charge on any atom is 0.350 e. The van der Waals surface area contributed by atoms with Crippen molar-refractivity contribution in [3.63, 3.8) is 0 Å². The Labute approximate surface area is 248 Å². The van der Waals surface area contributed by atoms with Gasteiger partial charge in [0.1, 0.15) is 21.1 Å². The quantitative estimate of drug-likeness (QED) is 0.193. The topological polar surface area (TPSA) is 124 Å². The van der Waals surface area contributed by atoms with Gasteiger partial charge >= 0.3 is 11.9 Å². The summed E-state index contributed by atoms with van der Waals surface area (Å²) in [5.74, 6) is -2.43. The van der Waals surface area contributed by atoms with Gasteiger partial charge in [-0.05, 0) is 35.4 Å². The number of carbonyl (C=O) groups excluding carboxylic acids is 4. The average molecular weight is 598 g/mol. The summed E-state index contributed by atoms with van der Waals surface area (Å²) >= 11 is 2.37. The van der Waals surface area contributed by atoms with E-state index >= 15 is 0 Å². The largest absolute Gasteiger partial charge is 0.465 e. The maximum atomic E-state index is 13.2. The molecule has 0 aliphatic rings. The molecule has 0 radical (unpaired) electrons. The molecule has 3 heterocycles. The number of anilines is 2. The van der Waals surface area contributed by atoms with Crippen LogP contribution >= 0.6 is 22.7 Å². The van der Waals surface area contributed by atoms with Crippen LogP contribution in [0.2, 0.25) is 0 Å². The monoisotopic (exact) mass is 597 g/mol. The van der Waals surface area contributed by atoms with Crippen LogP contribution in [0.1, 0.15) is 40.3 Å². The van der Waals surface area contributed by atoms with Crippen molar-refractivity contribution in [2.24, 2.45) is 0 Å². The molecule has 11 heteroatoms. The lowest BCUT2D eigenvalue weighted by atomic mass is 10.2. The van der Waals surface area contributed by atoms with Crippen LogP contribution in [0.4, 0.5) is 11.4 Å². The lowest BCUT2D eigenvalue weighted by Gasteiger charge is -2.08. The number of thiophene rings is 2. The van der Waals surface area contributed by atoms with Crippen LogP contribution in [0.25, 0.3) is 20.9 Å². The van der Waals surface area contributed by atoms with Crippen LogP contribution in [0.5, 0.6) is 0 Å². The Morgan fingerprint density at radius 3 is 1.38 bits per heavy atom. The first kappa shape index (κ1) is 28.4. The number of amides is 2. The van der Waals surface area contributed by atoms with E-state index in [0.29, 0.717) is 0 Å². The average Bonchev–Trinajstić information content (AvgIpc) is 3.66. The number of pyridine rings is 1.